The molecule has 4 nitrogen and oxygen atoms in total. The van der Waals surface area contributed by atoms with Crippen LogP contribution in [0.4, 0.5) is 0 Å². The zero-order valence-corrected chi connectivity index (χ0v) is 6.95. The van der Waals surface area contributed by atoms with Gasteiger partial charge in [-0.3, -0.25) is 4.90 Å². The van der Waals surface area contributed by atoms with Crippen LogP contribution in [0.25, 0.3) is 0 Å². The predicted octanol–water partition coefficient (Wildman–Crippen LogP) is -1.83. The number of nitrogens with zero attached hydrogens (tertiary/aromatic N) is 1. The number of aliphatic carboxylic acids is 1. The molecule has 2 saturated heterocycles. The first-order valence-corrected chi connectivity index (χ1v) is 4.45. The molecule has 0 amide bonds. The van der Waals surface area contributed by atoms with E-state index in [1.807, 2.05) is 0 Å². The average Bonchev–Trinajstić information content (AvgIpc) is 2.49. The van der Waals surface area contributed by atoms with E-state index in [0.29, 0.717) is 12.6 Å². The van der Waals surface area contributed by atoms with E-state index in [1.165, 1.54) is 12.8 Å². The van der Waals surface area contributed by atoms with Gasteiger partial charge in [-0.2, -0.15) is 0 Å². The minimum Gasteiger partial charge on any atom is -0.548 e. The summed E-state index contributed by atoms with van der Waals surface area (Å²) >= 11 is 0. The molecule has 2 heterocycles. The first-order valence-electron chi connectivity index (χ1n) is 4.45. The Labute approximate surface area is 71.5 Å². The van der Waals surface area contributed by atoms with Crippen molar-refractivity contribution in [2.75, 3.05) is 19.6 Å². The fourth-order valence-corrected chi connectivity index (χ4v) is 2.10. The molecular formula is C8H13N2O2-. The van der Waals surface area contributed by atoms with Crippen LogP contribution in [0.5, 0.6) is 0 Å². The lowest BCUT2D eigenvalue weighted by Crippen LogP contribution is -2.60. The van der Waals surface area contributed by atoms with Crippen molar-refractivity contribution in [3.05, 3.63) is 0 Å². The van der Waals surface area contributed by atoms with Gasteiger partial charge in [0.2, 0.25) is 0 Å². The third-order valence-corrected chi connectivity index (χ3v) is 2.80. The topological polar surface area (TPSA) is 55.4 Å². The first-order chi connectivity index (χ1) is 5.77. The standard InChI is InChI=1S/C8H14N2O2/c11-8(12)7-5-10-3-1-2-6(10)4-9-7/h6-7,9H,1-5H2,(H,11,12)/p-1. The summed E-state index contributed by atoms with van der Waals surface area (Å²) in [6, 6.07) is 0.111. The highest BCUT2D eigenvalue weighted by molar-refractivity contribution is 5.71. The maximum Gasteiger partial charge on any atom is 0.0597 e. The molecule has 2 aliphatic heterocycles. The number of piperazine rings is 1. The molecule has 0 bridgehead atoms. The van der Waals surface area contributed by atoms with Gasteiger partial charge in [0.25, 0.3) is 0 Å². The molecule has 12 heavy (non-hydrogen) atoms. The van der Waals surface area contributed by atoms with Gasteiger partial charge in [-0.15, -0.1) is 0 Å². The van der Waals surface area contributed by atoms with Crippen molar-refractivity contribution in [3.63, 3.8) is 0 Å². The third kappa shape index (κ3) is 1.32. The fourth-order valence-electron chi connectivity index (χ4n) is 2.10. The van der Waals surface area contributed by atoms with Crippen molar-refractivity contribution in [1.82, 2.24) is 10.2 Å². The average molecular weight is 169 g/mol. The molecule has 0 radical (unpaired) electrons. The second-order valence-electron chi connectivity index (χ2n) is 3.57. The van der Waals surface area contributed by atoms with E-state index in [-0.39, 0.29) is 0 Å². The lowest BCUT2D eigenvalue weighted by Gasteiger charge is -2.36. The second kappa shape index (κ2) is 3.03. The van der Waals surface area contributed by atoms with E-state index >= 15 is 0 Å². The maximum atomic E-state index is 10.5. The Bertz CT molecular complexity index is 195. The lowest BCUT2D eigenvalue weighted by atomic mass is 10.1. The smallest absolute Gasteiger partial charge is 0.0597 e. The first kappa shape index (κ1) is 8.01. The highest BCUT2D eigenvalue weighted by atomic mass is 16.4. The number of nitrogens with one attached hydrogen (secondary N) is 1. The van der Waals surface area contributed by atoms with Gasteiger partial charge in [-0.05, 0) is 19.4 Å². The maximum absolute atomic E-state index is 10.5. The van der Waals surface area contributed by atoms with Gasteiger partial charge >= 0.3 is 0 Å². The Balaban J connectivity index is 1.96. The second-order valence-corrected chi connectivity index (χ2v) is 3.57. The van der Waals surface area contributed by atoms with E-state index in [0.717, 1.165) is 13.1 Å². The summed E-state index contributed by atoms with van der Waals surface area (Å²) in [6.45, 7) is 2.47. The van der Waals surface area contributed by atoms with E-state index in [1.54, 1.807) is 0 Å². The molecule has 0 aliphatic carbocycles. The fraction of sp³-hybridized carbons (Fsp3) is 0.875. The number of hydrogen-bond donors (Lipinski definition) is 1. The van der Waals surface area contributed by atoms with Gasteiger partial charge < -0.3 is 15.2 Å². The summed E-state index contributed by atoms with van der Waals surface area (Å²) in [5.74, 6) is -0.972. The van der Waals surface area contributed by atoms with E-state index in [9.17, 15) is 9.90 Å². The zero-order valence-electron chi connectivity index (χ0n) is 6.95. The molecule has 2 fully saturated rings. The van der Waals surface area contributed by atoms with Gasteiger partial charge in [0.1, 0.15) is 0 Å². The van der Waals surface area contributed by atoms with Crippen LogP contribution in [0.2, 0.25) is 0 Å². The molecule has 2 aliphatic rings. The highest BCUT2D eigenvalue weighted by Gasteiger charge is 2.31. The van der Waals surface area contributed by atoms with Crippen LogP contribution < -0.4 is 10.4 Å². The van der Waals surface area contributed by atoms with Crippen LogP contribution in [0.1, 0.15) is 12.8 Å². The van der Waals surface area contributed by atoms with Gasteiger partial charge in [0.15, 0.2) is 0 Å². The SMILES string of the molecule is O=C([O-])C1CN2CCCC2CN1. The third-order valence-electron chi connectivity index (χ3n) is 2.80. The molecule has 2 atom stereocenters. The predicted molar refractivity (Wildman–Crippen MR) is 41.4 cm³/mol. The Morgan fingerprint density at radius 3 is 3.17 bits per heavy atom. The quantitative estimate of drug-likeness (QED) is 0.502. The summed E-state index contributed by atoms with van der Waals surface area (Å²) in [5, 5.41) is 13.5. The van der Waals surface area contributed by atoms with Crippen molar-refractivity contribution >= 4 is 5.97 Å². The summed E-state index contributed by atoms with van der Waals surface area (Å²) in [4.78, 5) is 12.8. The molecular weight excluding hydrogens is 156 g/mol. The Hall–Kier alpha value is -0.610. The number of carboxylic acids is 1. The normalized spacial score (nSPS) is 36.3. The Kier molecular flexibility index (Phi) is 2.02. The molecule has 2 rings (SSSR count). The van der Waals surface area contributed by atoms with Crippen LogP contribution >= 0.6 is 0 Å². The number of carbonyl (C=O) groups excluding carboxylic acids is 1. The van der Waals surface area contributed by atoms with Crippen LogP contribution in [0.15, 0.2) is 0 Å². The molecule has 0 saturated carbocycles. The molecule has 4 heteroatoms. The van der Waals surface area contributed by atoms with Crippen LogP contribution in [-0.2, 0) is 4.79 Å². The number of rotatable bonds is 1. The van der Waals surface area contributed by atoms with E-state index in [2.05, 4.69) is 10.2 Å². The summed E-state index contributed by atoms with van der Waals surface area (Å²) in [5.41, 5.74) is 0. The number of fused-ring (bicyclic) bond motifs is 1. The van der Waals surface area contributed by atoms with Crippen molar-refractivity contribution in [1.29, 1.82) is 0 Å². The molecule has 0 aromatic carbocycles. The number of hydrogen-bond acceptors (Lipinski definition) is 4. The number of carbonyl (C=O) groups is 1. The van der Waals surface area contributed by atoms with Crippen LogP contribution in [-0.4, -0.2) is 42.6 Å². The van der Waals surface area contributed by atoms with E-state index in [4.69, 9.17) is 0 Å². The summed E-state index contributed by atoms with van der Waals surface area (Å²) < 4.78 is 0. The molecule has 1 N–H and O–H groups in total. The summed E-state index contributed by atoms with van der Waals surface area (Å²) in [7, 11) is 0. The molecule has 2 unspecified atom stereocenters. The number of carboxylic acid groups (broad SMARTS) is 1. The van der Waals surface area contributed by atoms with Crippen LogP contribution in [0, 0.1) is 0 Å². The van der Waals surface area contributed by atoms with Crippen molar-refractivity contribution in [2.45, 2.75) is 24.9 Å². The molecule has 68 valence electrons. The van der Waals surface area contributed by atoms with Gasteiger partial charge in [-0.1, -0.05) is 0 Å². The Morgan fingerprint density at radius 1 is 1.58 bits per heavy atom. The molecule has 0 spiro atoms. The van der Waals surface area contributed by atoms with Gasteiger partial charge in [0, 0.05) is 19.1 Å². The van der Waals surface area contributed by atoms with Crippen molar-refractivity contribution < 1.29 is 9.90 Å². The molecule has 0 aromatic rings. The monoisotopic (exact) mass is 169 g/mol. The Morgan fingerprint density at radius 2 is 2.42 bits per heavy atom. The minimum atomic E-state index is -0.972. The van der Waals surface area contributed by atoms with Gasteiger partial charge in [0.05, 0.1) is 12.0 Å². The molecule has 0 aromatic heterocycles. The minimum absolute atomic E-state index is 0.459. The van der Waals surface area contributed by atoms with E-state index < -0.39 is 12.0 Å². The van der Waals surface area contributed by atoms with Crippen LogP contribution in [0.3, 0.4) is 0 Å². The summed E-state index contributed by atoms with van der Waals surface area (Å²) in [6.07, 6.45) is 2.40. The largest absolute Gasteiger partial charge is 0.548 e. The highest BCUT2D eigenvalue weighted by Crippen LogP contribution is 2.19. The lowest BCUT2D eigenvalue weighted by molar-refractivity contribution is -0.309. The van der Waals surface area contributed by atoms with Crippen molar-refractivity contribution in [3.8, 4) is 0 Å². The zero-order chi connectivity index (χ0) is 8.55. The van der Waals surface area contributed by atoms with Crippen molar-refractivity contribution in [2.24, 2.45) is 0 Å². The van der Waals surface area contributed by atoms with Gasteiger partial charge in [-0.25, -0.2) is 0 Å².